The minimum atomic E-state index is -0.389. The van der Waals surface area contributed by atoms with Crippen LogP contribution in [0.15, 0.2) is 46.2 Å². The Morgan fingerprint density at radius 1 is 1.24 bits per heavy atom. The van der Waals surface area contributed by atoms with Crippen LogP contribution in [0.4, 0.5) is 10.8 Å². The number of benzene rings is 1. The van der Waals surface area contributed by atoms with E-state index in [1.54, 1.807) is 12.1 Å². The fourth-order valence-electron chi connectivity index (χ4n) is 1.71. The molecule has 7 heteroatoms. The van der Waals surface area contributed by atoms with Crippen molar-refractivity contribution in [2.75, 3.05) is 11.1 Å². The van der Waals surface area contributed by atoms with Crippen LogP contribution < -0.4 is 11.1 Å². The quantitative estimate of drug-likeness (QED) is 0.717. The molecule has 0 aliphatic heterocycles. The summed E-state index contributed by atoms with van der Waals surface area (Å²) in [5.41, 5.74) is 8.04. The summed E-state index contributed by atoms with van der Waals surface area (Å²) in [7, 11) is 0. The summed E-state index contributed by atoms with van der Waals surface area (Å²) in [5.74, 6) is -0.246. The fraction of sp³-hybridized carbons (Fsp3) is 0. The first-order valence-electron chi connectivity index (χ1n) is 6.00. The number of hydrogen-bond acceptors (Lipinski definition) is 5. The van der Waals surface area contributed by atoms with Crippen molar-refractivity contribution in [3.63, 3.8) is 0 Å². The van der Waals surface area contributed by atoms with Crippen LogP contribution in [0.1, 0.15) is 10.6 Å². The van der Waals surface area contributed by atoms with Crippen LogP contribution in [-0.2, 0) is 0 Å². The number of rotatable bonds is 3. The molecule has 106 valence electrons. The molecule has 3 N–H and O–H groups in total. The van der Waals surface area contributed by atoms with Gasteiger partial charge in [-0.15, -0.1) is 11.3 Å². The molecule has 2 aromatic heterocycles. The summed E-state index contributed by atoms with van der Waals surface area (Å²) >= 11 is 6.96. The van der Waals surface area contributed by atoms with E-state index < -0.39 is 0 Å². The number of furan rings is 1. The van der Waals surface area contributed by atoms with Crippen LogP contribution in [-0.4, -0.2) is 10.9 Å². The molecule has 0 aliphatic rings. The molecule has 1 amide bonds. The molecule has 0 fully saturated rings. The summed E-state index contributed by atoms with van der Waals surface area (Å²) in [4.78, 5) is 16.3. The lowest BCUT2D eigenvalue weighted by Crippen LogP contribution is -2.10. The predicted molar refractivity (Wildman–Crippen MR) is 83.6 cm³/mol. The Hall–Kier alpha value is -2.31. The Balaban J connectivity index is 1.76. The van der Waals surface area contributed by atoms with Gasteiger partial charge in [0.2, 0.25) is 0 Å². The van der Waals surface area contributed by atoms with Crippen LogP contribution in [0.2, 0.25) is 5.22 Å². The number of amides is 1. The SMILES string of the molecule is Nc1ccc(-c2csc(NC(=O)c3ccc(Cl)o3)n2)cc1. The van der Waals surface area contributed by atoms with Crippen molar-refractivity contribution in [2.24, 2.45) is 0 Å². The zero-order valence-electron chi connectivity index (χ0n) is 10.7. The molecule has 3 aromatic rings. The molecular formula is C14H10ClN3O2S. The van der Waals surface area contributed by atoms with Crippen molar-refractivity contribution in [3.8, 4) is 11.3 Å². The zero-order chi connectivity index (χ0) is 14.8. The maximum Gasteiger partial charge on any atom is 0.293 e. The standard InChI is InChI=1S/C14H10ClN3O2S/c15-12-6-5-11(20-12)13(19)18-14-17-10(7-21-14)8-1-3-9(16)4-2-8/h1-7H,16H2,(H,17,18,19). The van der Waals surface area contributed by atoms with Crippen molar-refractivity contribution in [1.29, 1.82) is 0 Å². The lowest BCUT2D eigenvalue weighted by Gasteiger charge is -1.98. The van der Waals surface area contributed by atoms with Gasteiger partial charge < -0.3 is 10.2 Å². The molecule has 0 spiro atoms. The van der Waals surface area contributed by atoms with E-state index in [0.717, 1.165) is 11.3 Å². The third-order valence-electron chi connectivity index (χ3n) is 2.73. The number of thiazole rings is 1. The Kier molecular flexibility index (Phi) is 3.64. The molecule has 0 saturated heterocycles. The second-order valence-corrected chi connectivity index (χ2v) is 5.45. The second kappa shape index (κ2) is 5.59. The number of nitrogens with one attached hydrogen (secondary N) is 1. The first kappa shape index (κ1) is 13.7. The number of carbonyl (C=O) groups is 1. The molecule has 0 atom stereocenters. The topological polar surface area (TPSA) is 81.1 Å². The highest BCUT2D eigenvalue weighted by Gasteiger charge is 2.13. The van der Waals surface area contributed by atoms with Crippen molar-refractivity contribution in [3.05, 3.63) is 52.8 Å². The van der Waals surface area contributed by atoms with Crippen LogP contribution in [0.25, 0.3) is 11.3 Å². The van der Waals surface area contributed by atoms with E-state index in [0.29, 0.717) is 10.8 Å². The van der Waals surface area contributed by atoms with Gasteiger partial charge in [0.1, 0.15) is 0 Å². The fourth-order valence-corrected chi connectivity index (χ4v) is 2.57. The predicted octanol–water partition coefficient (Wildman–Crippen LogP) is 3.89. The number of halogens is 1. The normalized spacial score (nSPS) is 10.5. The van der Waals surface area contributed by atoms with E-state index in [9.17, 15) is 4.79 Å². The van der Waals surface area contributed by atoms with Crippen LogP contribution in [0.3, 0.4) is 0 Å². The summed E-state index contributed by atoms with van der Waals surface area (Å²) in [5, 5.41) is 5.18. The maximum absolute atomic E-state index is 11.9. The Morgan fingerprint density at radius 3 is 2.67 bits per heavy atom. The molecule has 0 unspecified atom stereocenters. The molecule has 0 aliphatic carbocycles. The number of hydrogen-bond donors (Lipinski definition) is 2. The van der Waals surface area contributed by atoms with Gasteiger partial charge in [-0.25, -0.2) is 4.98 Å². The van der Waals surface area contributed by atoms with Gasteiger partial charge >= 0.3 is 0 Å². The zero-order valence-corrected chi connectivity index (χ0v) is 12.2. The molecule has 1 aromatic carbocycles. The number of nitrogens with zero attached hydrogens (tertiary/aromatic N) is 1. The van der Waals surface area contributed by atoms with E-state index in [2.05, 4.69) is 10.3 Å². The molecule has 0 radical (unpaired) electrons. The van der Waals surface area contributed by atoms with Gasteiger partial charge in [-0.05, 0) is 35.9 Å². The largest absolute Gasteiger partial charge is 0.440 e. The molecular weight excluding hydrogens is 310 g/mol. The van der Waals surface area contributed by atoms with Gasteiger partial charge in [0, 0.05) is 16.6 Å². The molecule has 5 nitrogen and oxygen atoms in total. The third kappa shape index (κ3) is 3.07. The summed E-state index contributed by atoms with van der Waals surface area (Å²) in [6, 6.07) is 10.4. The Morgan fingerprint density at radius 2 is 2.00 bits per heavy atom. The smallest absolute Gasteiger partial charge is 0.293 e. The monoisotopic (exact) mass is 319 g/mol. The van der Waals surface area contributed by atoms with Gasteiger partial charge in [-0.1, -0.05) is 12.1 Å². The molecule has 0 bridgehead atoms. The van der Waals surface area contributed by atoms with E-state index in [1.165, 1.54) is 23.5 Å². The van der Waals surface area contributed by atoms with Crippen molar-refractivity contribution in [2.45, 2.75) is 0 Å². The lowest BCUT2D eigenvalue weighted by molar-refractivity contribution is 0.0997. The van der Waals surface area contributed by atoms with Crippen LogP contribution in [0.5, 0.6) is 0 Å². The van der Waals surface area contributed by atoms with Crippen LogP contribution in [0, 0.1) is 0 Å². The minimum absolute atomic E-state index is 0.143. The number of carbonyl (C=O) groups excluding carboxylic acids is 1. The summed E-state index contributed by atoms with van der Waals surface area (Å²) in [6.07, 6.45) is 0. The van der Waals surface area contributed by atoms with Crippen LogP contribution >= 0.6 is 22.9 Å². The first-order valence-corrected chi connectivity index (χ1v) is 7.26. The van der Waals surface area contributed by atoms with Gasteiger partial charge in [0.15, 0.2) is 16.1 Å². The number of nitrogens with two attached hydrogens (primary N) is 1. The highest BCUT2D eigenvalue weighted by atomic mass is 35.5. The Labute approximate surface area is 129 Å². The maximum atomic E-state index is 11.9. The average Bonchev–Trinajstić information content (AvgIpc) is 3.09. The average molecular weight is 320 g/mol. The number of anilines is 2. The molecule has 2 heterocycles. The third-order valence-corrected chi connectivity index (χ3v) is 3.69. The van der Waals surface area contributed by atoms with E-state index in [4.69, 9.17) is 21.8 Å². The molecule has 3 rings (SSSR count). The molecule has 21 heavy (non-hydrogen) atoms. The highest BCUT2D eigenvalue weighted by Crippen LogP contribution is 2.26. The minimum Gasteiger partial charge on any atom is -0.440 e. The van der Waals surface area contributed by atoms with Crippen molar-refractivity contribution in [1.82, 2.24) is 4.98 Å². The summed E-state index contributed by atoms with van der Waals surface area (Å²) in [6.45, 7) is 0. The van der Waals surface area contributed by atoms with Crippen molar-refractivity contribution >= 4 is 39.7 Å². The highest BCUT2D eigenvalue weighted by molar-refractivity contribution is 7.14. The van der Waals surface area contributed by atoms with Gasteiger partial charge in [-0.2, -0.15) is 0 Å². The second-order valence-electron chi connectivity index (χ2n) is 4.22. The van der Waals surface area contributed by atoms with Gasteiger partial charge in [0.05, 0.1) is 5.69 Å². The number of nitrogen functional groups attached to an aromatic ring is 1. The Bertz CT molecular complexity index is 780. The van der Waals surface area contributed by atoms with Gasteiger partial charge in [-0.3, -0.25) is 10.1 Å². The van der Waals surface area contributed by atoms with E-state index in [-0.39, 0.29) is 16.9 Å². The molecule has 0 saturated carbocycles. The van der Waals surface area contributed by atoms with Gasteiger partial charge in [0.25, 0.3) is 5.91 Å². The van der Waals surface area contributed by atoms with Crippen molar-refractivity contribution < 1.29 is 9.21 Å². The van der Waals surface area contributed by atoms with E-state index in [1.807, 2.05) is 17.5 Å². The first-order chi connectivity index (χ1) is 10.1. The summed E-state index contributed by atoms with van der Waals surface area (Å²) < 4.78 is 5.04. The lowest BCUT2D eigenvalue weighted by atomic mass is 10.1. The van der Waals surface area contributed by atoms with E-state index >= 15 is 0 Å². The number of aromatic nitrogens is 1.